The van der Waals surface area contributed by atoms with Crippen LogP contribution in [0.25, 0.3) is 0 Å². The molecule has 212 valence electrons. The molecule has 10 heteroatoms. The maximum absolute atomic E-state index is 14.2. The molecule has 1 unspecified atom stereocenters. The van der Waals surface area contributed by atoms with E-state index in [1.165, 1.54) is 24.5 Å². The van der Waals surface area contributed by atoms with Gasteiger partial charge in [0.1, 0.15) is 29.7 Å². The minimum Gasteiger partial charge on any atom is -0.490 e. The van der Waals surface area contributed by atoms with Crippen molar-refractivity contribution in [3.05, 3.63) is 65.6 Å². The Morgan fingerprint density at radius 2 is 1.98 bits per heavy atom. The van der Waals surface area contributed by atoms with Crippen LogP contribution in [0.1, 0.15) is 62.2 Å². The summed E-state index contributed by atoms with van der Waals surface area (Å²) in [7, 11) is 0. The molecular formula is C30H37FN6O3. The van der Waals surface area contributed by atoms with E-state index < -0.39 is 5.82 Å². The smallest absolute Gasteiger partial charge is 0.257 e. The number of carbonyl (C=O) groups is 1. The van der Waals surface area contributed by atoms with E-state index in [4.69, 9.17) is 9.47 Å². The molecule has 9 nitrogen and oxygen atoms in total. The molecule has 3 aromatic rings. The summed E-state index contributed by atoms with van der Waals surface area (Å²) in [5.41, 5.74) is 2.43. The Bertz CT molecular complexity index is 1340. The average molecular weight is 549 g/mol. The summed E-state index contributed by atoms with van der Waals surface area (Å²) >= 11 is 0. The highest BCUT2D eigenvalue weighted by Crippen LogP contribution is 2.35. The molecule has 2 aromatic heterocycles. The Balaban J connectivity index is 1.30. The van der Waals surface area contributed by atoms with Gasteiger partial charge in [0.15, 0.2) is 11.6 Å². The van der Waals surface area contributed by atoms with Crippen LogP contribution >= 0.6 is 0 Å². The Kier molecular flexibility index (Phi) is 8.44. The predicted molar refractivity (Wildman–Crippen MR) is 150 cm³/mol. The SMILES string of the molecule is CCN(C(=O)c1cc(F)ccc1Oc1cncnc1N1CCC(Oc2ccnc3c2CNC(C)C3)CC1)C(C)C. The van der Waals surface area contributed by atoms with Crippen molar-refractivity contribution in [3.8, 4) is 17.2 Å². The van der Waals surface area contributed by atoms with Crippen LogP contribution in [0.3, 0.4) is 0 Å². The Morgan fingerprint density at radius 3 is 2.73 bits per heavy atom. The van der Waals surface area contributed by atoms with Gasteiger partial charge < -0.3 is 24.6 Å². The van der Waals surface area contributed by atoms with E-state index in [0.717, 1.165) is 42.8 Å². The molecule has 40 heavy (non-hydrogen) atoms. The van der Waals surface area contributed by atoms with Crippen molar-refractivity contribution in [1.29, 1.82) is 0 Å². The van der Waals surface area contributed by atoms with Crippen molar-refractivity contribution in [2.45, 2.75) is 71.7 Å². The van der Waals surface area contributed by atoms with Gasteiger partial charge in [-0.05, 0) is 52.0 Å². The second-order valence-electron chi connectivity index (χ2n) is 10.7. The highest BCUT2D eigenvalue weighted by atomic mass is 19.1. The second kappa shape index (κ2) is 12.2. The predicted octanol–water partition coefficient (Wildman–Crippen LogP) is 4.76. The molecule has 0 radical (unpaired) electrons. The fraction of sp³-hybridized carbons (Fsp3) is 0.467. The van der Waals surface area contributed by atoms with Gasteiger partial charge in [-0.15, -0.1) is 0 Å². The number of amides is 1. The number of pyridine rings is 1. The zero-order chi connectivity index (χ0) is 28.2. The first-order chi connectivity index (χ1) is 19.3. The van der Waals surface area contributed by atoms with Gasteiger partial charge in [0.05, 0.1) is 17.5 Å². The quantitative estimate of drug-likeness (QED) is 0.431. The molecule has 5 rings (SSSR count). The van der Waals surface area contributed by atoms with Crippen LogP contribution in [0.5, 0.6) is 17.2 Å². The first-order valence-corrected chi connectivity index (χ1v) is 14.0. The maximum atomic E-state index is 14.2. The van der Waals surface area contributed by atoms with Gasteiger partial charge in [-0.1, -0.05) is 0 Å². The molecule has 0 bridgehead atoms. The van der Waals surface area contributed by atoms with E-state index in [-0.39, 0.29) is 29.4 Å². The summed E-state index contributed by atoms with van der Waals surface area (Å²) in [5.74, 6) is 1.44. The van der Waals surface area contributed by atoms with Gasteiger partial charge in [-0.25, -0.2) is 14.4 Å². The number of hydrogen-bond acceptors (Lipinski definition) is 8. The zero-order valence-corrected chi connectivity index (χ0v) is 23.6. The van der Waals surface area contributed by atoms with Crippen molar-refractivity contribution >= 4 is 11.7 Å². The van der Waals surface area contributed by atoms with Gasteiger partial charge in [-0.2, -0.15) is 0 Å². The molecule has 1 fully saturated rings. The molecule has 2 aliphatic rings. The van der Waals surface area contributed by atoms with Crippen LogP contribution in [-0.2, 0) is 13.0 Å². The van der Waals surface area contributed by atoms with Crippen molar-refractivity contribution in [3.63, 3.8) is 0 Å². The number of benzene rings is 1. The maximum Gasteiger partial charge on any atom is 0.257 e. The zero-order valence-electron chi connectivity index (χ0n) is 23.6. The van der Waals surface area contributed by atoms with Crippen molar-refractivity contribution in [2.75, 3.05) is 24.5 Å². The molecule has 1 saturated heterocycles. The third-order valence-corrected chi connectivity index (χ3v) is 7.54. The average Bonchev–Trinajstić information content (AvgIpc) is 2.95. The molecule has 0 aliphatic carbocycles. The van der Waals surface area contributed by atoms with E-state index in [0.29, 0.717) is 37.2 Å². The topological polar surface area (TPSA) is 92.7 Å². The van der Waals surface area contributed by atoms with Crippen LogP contribution in [0, 0.1) is 5.82 Å². The first kappa shape index (κ1) is 27.8. The molecule has 0 saturated carbocycles. The number of fused-ring (bicyclic) bond motifs is 1. The molecule has 1 aromatic carbocycles. The normalized spacial score (nSPS) is 17.4. The van der Waals surface area contributed by atoms with E-state index in [2.05, 4.69) is 32.1 Å². The lowest BCUT2D eigenvalue weighted by Crippen LogP contribution is -2.39. The van der Waals surface area contributed by atoms with E-state index >= 15 is 0 Å². The number of hydrogen-bond donors (Lipinski definition) is 1. The van der Waals surface area contributed by atoms with Crippen molar-refractivity contribution in [1.82, 2.24) is 25.2 Å². The monoisotopic (exact) mass is 548 g/mol. The number of rotatable bonds is 8. The summed E-state index contributed by atoms with van der Waals surface area (Å²) in [4.78, 5) is 30.3. The molecule has 2 aliphatic heterocycles. The minimum absolute atomic E-state index is 0.0368. The fourth-order valence-corrected chi connectivity index (χ4v) is 5.39. The highest BCUT2D eigenvalue weighted by molar-refractivity contribution is 5.97. The molecular weight excluding hydrogens is 511 g/mol. The Labute approximate surface area is 234 Å². The van der Waals surface area contributed by atoms with Gasteiger partial charge >= 0.3 is 0 Å². The number of aromatic nitrogens is 3. The number of piperidine rings is 1. The van der Waals surface area contributed by atoms with Crippen LogP contribution in [0.2, 0.25) is 0 Å². The molecule has 1 amide bonds. The summed E-state index contributed by atoms with van der Waals surface area (Å²) in [6, 6.07) is 6.33. The summed E-state index contributed by atoms with van der Waals surface area (Å²) in [6.07, 6.45) is 7.49. The van der Waals surface area contributed by atoms with Gasteiger partial charge in [-0.3, -0.25) is 9.78 Å². The number of ether oxygens (including phenoxy) is 2. The van der Waals surface area contributed by atoms with Crippen molar-refractivity contribution < 1.29 is 18.7 Å². The van der Waals surface area contributed by atoms with Crippen LogP contribution in [0.15, 0.2) is 43.0 Å². The number of halogens is 1. The third kappa shape index (κ3) is 6.01. The Morgan fingerprint density at radius 1 is 1.18 bits per heavy atom. The standard InChI is InChI=1S/C30H37FN6O3/c1-5-37(19(2)3)30(38)23-15-21(31)6-7-26(23)40-28-17-32-18-35-29(28)36-12-9-22(10-13-36)39-27-8-11-33-25-14-20(4)34-16-24(25)27/h6-8,11,15,17-20,22,34H,5,9-10,12-14,16H2,1-4H3. The minimum atomic E-state index is -0.497. The van der Waals surface area contributed by atoms with Gasteiger partial charge in [0.2, 0.25) is 0 Å². The lowest BCUT2D eigenvalue weighted by Gasteiger charge is -2.34. The lowest BCUT2D eigenvalue weighted by atomic mass is 10.0. The number of nitrogens with zero attached hydrogens (tertiary/aromatic N) is 5. The van der Waals surface area contributed by atoms with Crippen LogP contribution < -0.4 is 19.7 Å². The third-order valence-electron chi connectivity index (χ3n) is 7.54. The number of carbonyl (C=O) groups excluding carboxylic acids is 1. The van der Waals surface area contributed by atoms with Crippen LogP contribution in [-0.4, -0.2) is 63.6 Å². The molecule has 0 spiro atoms. The molecule has 1 atom stereocenters. The second-order valence-corrected chi connectivity index (χ2v) is 10.7. The molecule has 4 heterocycles. The van der Waals surface area contributed by atoms with E-state index in [1.807, 2.05) is 33.0 Å². The van der Waals surface area contributed by atoms with Gasteiger partial charge in [0, 0.05) is 69.3 Å². The summed E-state index contributed by atoms with van der Waals surface area (Å²) < 4.78 is 26.9. The van der Waals surface area contributed by atoms with Gasteiger partial charge in [0.25, 0.3) is 5.91 Å². The molecule has 1 N–H and O–H groups in total. The number of anilines is 1. The summed E-state index contributed by atoms with van der Waals surface area (Å²) in [6.45, 7) is 10.6. The highest BCUT2D eigenvalue weighted by Gasteiger charge is 2.28. The summed E-state index contributed by atoms with van der Waals surface area (Å²) in [5, 5.41) is 3.50. The van der Waals surface area contributed by atoms with Crippen LogP contribution in [0.4, 0.5) is 10.2 Å². The van der Waals surface area contributed by atoms with E-state index in [1.54, 1.807) is 11.1 Å². The van der Waals surface area contributed by atoms with Crippen molar-refractivity contribution in [2.24, 2.45) is 0 Å². The number of nitrogens with one attached hydrogen (secondary N) is 1. The largest absolute Gasteiger partial charge is 0.490 e. The first-order valence-electron chi connectivity index (χ1n) is 14.0. The fourth-order valence-electron chi connectivity index (χ4n) is 5.39. The van der Waals surface area contributed by atoms with E-state index in [9.17, 15) is 9.18 Å². The Hall–Kier alpha value is -3.79. The lowest BCUT2D eigenvalue weighted by molar-refractivity contribution is 0.0713.